The molecule has 2 heteroatoms. The van der Waals surface area contributed by atoms with Crippen LogP contribution in [-0.4, -0.2) is 0 Å². The van der Waals surface area contributed by atoms with Gasteiger partial charge in [-0.3, -0.25) is 0 Å². The molecule has 16 heavy (non-hydrogen) atoms. The van der Waals surface area contributed by atoms with Crippen molar-refractivity contribution in [3.63, 3.8) is 0 Å². The molecule has 0 radical (unpaired) electrons. The number of aryl methyl sites for hydroxylation is 3. The molecule has 0 spiro atoms. The van der Waals surface area contributed by atoms with E-state index in [1.807, 2.05) is 0 Å². The summed E-state index contributed by atoms with van der Waals surface area (Å²) in [5.74, 6) is 0. The fraction of sp³-hybridized carbons (Fsp3) is 0.286. The van der Waals surface area contributed by atoms with Crippen LogP contribution in [0.1, 0.15) is 21.6 Å². The minimum absolute atomic E-state index is 0.634. The van der Waals surface area contributed by atoms with Gasteiger partial charge in [0.15, 0.2) is 0 Å². The van der Waals surface area contributed by atoms with Crippen LogP contribution in [0.15, 0.2) is 24.3 Å². The van der Waals surface area contributed by atoms with Gasteiger partial charge in [0.05, 0.1) is 0 Å². The molecule has 0 atom stereocenters. The highest BCUT2D eigenvalue weighted by molar-refractivity contribution is 7.15. The van der Waals surface area contributed by atoms with Crippen LogP contribution in [0.4, 0.5) is 0 Å². The highest BCUT2D eigenvalue weighted by atomic mass is 32.1. The predicted molar refractivity (Wildman–Crippen MR) is 71.9 cm³/mol. The fourth-order valence-corrected chi connectivity index (χ4v) is 3.25. The van der Waals surface area contributed by atoms with Crippen LogP contribution in [0.2, 0.25) is 0 Å². The van der Waals surface area contributed by atoms with Gasteiger partial charge in [0.2, 0.25) is 0 Å². The molecule has 1 nitrogen and oxygen atoms in total. The second-order valence-electron chi connectivity index (χ2n) is 4.24. The van der Waals surface area contributed by atoms with Crippen LogP contribution in [0, 0.1) is 20.8 Å². The average molecular weight is 231 g/mol. The normalized spacial score (nSPS) is 10.8. The third-order valence-electron chi connectivity index (χ3n) is 2.79. The van der Waals surface area contributed by atoms with Crippen LogP contribution in [0.3, 0.4) is 0 Å². The summed E-state index contributed by atoms with van der Waals surface area (Å²) in [6.07, 6.45) is 0. The fourth-order valence-electron chi connectivity index (χ4n) is 2.19. The lowest BCUT2D eigenvalue weighted by atomic mass is 9.99. The Kier molecular flexibility index (Phi) is 3.13. The Balaban J connectivity index is 2.55. The lowest BCUT2D eigenvalue weighted by Gasteiger charge is -2.09. The molecule has 1 aromatic heterocycles. The van der Waals surface area contributed by atoms with Crippen molar-refractivity contribution in [1.29, 1.82) is 0 Å². The standard InChI is InChI=1S/C14H17NS/c1-9-6-10(2)14(11(3)7-9)13-5-4-12(8-15)16-13/h4-7H,8,15H2,1-3H3. The van der Waals surface area contributed by atoms with E-state index in [1.165, 1.54) is 32.0 Å². The second kappa shape index (κ2) is 4.40. The van der Waals surface area contributed by atoms with E-state index in [0.29, 0.717) is 6.54 Å². The van der Waals surface area contributed by atoms with E-state index >= 15 is 0 Å². The maximum absolute atomic E-state index is 5.65. The van der Waals surface area contributed by atoms with E-state index in [2.05, 4.69) is 45.0 Å². The molecule has 0 aliphatic carbocycles. The number of hydrogen-bond donors (Lipinski definition) is 1. The van der Waals surface area contributed by atoms with Crippen molar-refractivity contribution in [2.45, 2.75) is 27.3 Å². The van der Waals surface area contributed by atoms with Gasteiger partial charge in [0.25, 0.3) is 0 Å². The molecule has 2 N–H and O–H groups in total. The van der Waals surface area contributed by atoms with Crippen molar-refractivity contribution in [3.8, 4) is 10.4 Å². The number of thiophene rings is 1. The summed E-state index contributed by atoms with van der Waals surface area (Å²) in [6.45, 7) is 7.13. The van der Waals surface area contributed by atoms with Crippen LogP contribution in [0.25, 0.3) is 10.4 Å². The molecule has 1 heterocycles. The average Bonchev–Trinajstić information content (AvgIpc) is 2.64. The Hall–Kier alpha value is -1.12. The first kappa shape index (κ1) is 11.4. The van der Waals surface area contributed by atoms with Crippen LogP contribution >= 0.6 is 11.3 Å². The predicted octanol–water partition coefficient (Wildman–Crippen LogP) is 3.80. The first-order chi connectivity index (χ1) is 7.61. The van der Waals surface area contributed by atoms with Gasteiger partial charge < -0.3 is 5.73 Å². The summed E-state index contributed by atoms with van der Waals surface area (Å²) in [7, 11) is 0. The zero-order chi connectivity index (χ0) is 11.7. The zero-order valence-corrected chi connectivity index (χ0v) is 10.8. The van der Waals surface area contributed by atoms with Crippen molar-refractivity contribution in [1.82, 2.24) is 0 Å². The van der Waals surface area contributed by atoms with Gasteiger partial charge >= 0.3 is 0 Å². The van der Waals surface area contributed by atoms with Gasteiger partial charge in [-0.25, -0.2) is 0 Å². The summed E-state index contributed by atoms with van der Waals surface area (Å²) in [5.41, 5.74) is 11.1. The highest BCUT2D eigenvalue weighted by Gasteiger charge is 2.08. The number of rotatable bonds is 2. The third kappa shape index (κ3) is 2.04. The van der Waals surface area contributed by atoms with E-state index in [0.717, 1.165) is 0 Å². The smallest absolute Gasteiger partial charge is 0.0351 e. The Bertz CT molecular complexity index is 488. The molecule has 2 aromatic rings. The van der Waals surface area contributed by atoms with Gasteiger partial charge in [-0.2, -0.15) is 0 Å². The molecule has 0 aliphatic heterocycles. The number of nitrogens with two attached hydrogens (primary N) is 1. The Labute approximate surface area is 101 Å². The molecule has 2 rings (SSSR count). The van der Waals surface area contributed by atoms with Gasteiger partial charge in [-0.15, -0.1) is 11.3 Å². The molecule has 0 aliphatic rings. The largest absolute Gasteiger partial charge is 0.326 e. The first-order valence-electron chi connectivity index (χ1n) is 5.49. The Morgan fingerprint density at radius 3 is 2.19 bits per heavy atom. The zero-order valence-electron chi connectivity index (χ0n) is 10.0. The molecular weight excluding hydrogens is 214 g/mol. The van der Waals surface area contributed by atoms with E-state index in [-0.39, 0.29) is 0 Å². The molecule has 1 aromatic carbocycles. The topological polar surface area (TPSA) is 26.0 Å². The van der Waals surface area contributed by atoms with E-state index in [1.54, 1.807) is 11.3 Å². The summed E-state index contributed by atoms with van der Waals surface area (Å²) in [4.78, 5) is 2.57. The molecular formula is C14H17NS. The molecule has 0 bridgehead atoms. The van der Waals surface area contributed by atoms with Gasteiger partial charge in [-0.1, -0.05) is 17.7 Å². The van der Waals surface area contributed by atoms with Crippen molar-refractivity contribution >= 4 is 11.3 Å². The van der Waals surface area contributed by atoms with E-state index in [4.69, 9.17) is 5.73 Å². The molecule has 0 amide bonds. The maximum atomic E-state index is 5.65. The van der Waals surface area contributed by atoms with Crippen LogP contribution in [0.5, 0.6) is 0 Å². The molecule has 0 fully saturated rings. The van der Waals surface area contributed by atoms with E-state index < -0.39 is 0 Å². The quantitative estimate of drug-likeness (QED) is 0.836. The number of hydrogen-bond acceptors (Lipinski definition) is 2. The summed E-state index contributed by atoms with van der Waals surface area (Å²) in [5, 5.41) is 0. The SMILES string of the molecule is Cc1cc(C)c(-c2ccc(CN)s2)c(C)c1. The van der Waals surface area contributed by atoms with Crippen LogP contribution in [-0.2, 0) is 6.54 Å². The van der Waals surface area contributed by atoms with Gasteiger partial charge in [0, 0.05) is 16.3 Å². The molecule has 0 saturated heterocycles. The Morgan fingerprint density at radius 1 is 1.06 bits per heavy atom. The molecule has 0 unspecified atom stereocenters. The highest BCUT2D eigenvalue weighted by Crippen LogP contribution is 2.33. The monoisotopic (exact) mass is 231 g/mol. The van der Waals surface area contributed by atoms with Crippen molar-refractivity contribution < 1.29 is 0 Å². The molecule has 0 saturated carbocycles. The lowest BCUT2D eigenvalue weighted by molar-refractivity contribution is 1.11. The third-order valence-corrected chi connectivity index (χ3v) is 3.91. The minimum atomic E-state index is 0.634. The summed E-state index contributed by atoms with van der Waals surface area (Å²) >= 11 is 1.80. The summed E-state index contributed by atoms with van der Waals surface area (Å²) < 4.78 is 0. The van der Waals surface area contributed by atoms with E-state index in [9.17, 15) is 0 Å². The van der Waals surface area contributed by atoms with Crippen LogP contribution < -0.4 is 5.73 Å². The molecule has 84 valence electrons. The first-order valence-corrected chi connectivity index (χ1v) is 6.30. The summed E-state index contributed by atoms with van der Waals surface area (Å²) in [6, 6.07) is 8.78. The lowest BCUT2D eigenvalue weighted by Crippen LogP contribution is -1.91. The number of benzene rings is 1. The van der Waals surface area contributed by atoms with Crippen molar-refractivity contribution in [2.24, 2.45) is 5.73 Å². The van der Waals surface area contributed by atoms with Crippen molar-refractivity contribution in [2.75, 3.05) is 0 Å². The van der Waals surface area contributed by atoms with Gasteiger partial charge in [0.1, 0.15) is 0 Å². The minimum Gasteiger partial charge on any atom is -0.326 e. The van der Waals surface area contributed by atoms with Crippen molar-refractivity contribution in [3.05, 3.63) is 45.8 Å². The van der Waals surface area contributed by atoms with Gasteiger partial charge in [-0.05, 0) is 49.6 Å². The second-order valence-corrected chi connectivity index (χ2v) is 5.41. The Morgan fingerprint density at radius 2 is 1.69 bits per heavy atom. The maximum Gasteiger partial charge on any atom is 0.0351 e.